The molecular formula is C10H12N6O4. The number of anilines is 1. The van der Waals surface area contributed by atoms with E-state index in [1.807, 2.05) is 0 Å². The lowest BCUT2D eigenvalue weighted by molar-refractivity contribution is -0.385. The second-order valence-corrected chi connectivity index (χ2v) is 3.90. The third-order valence-corrected chi connectivity index (χ3v) is 2.48. The van der Waals surface area contributed by atoms with Gasteiger partial charge in [0.25, 0.3) is 5.91 Å². The predicted octanol–water partition coefficient (Wildman–Crippen LogP) is 0.381. The van der Waals surface area contributed by atoms with Crippen LogP contribution in [0.4, 0.5) is 11.4 Å². The zero-order valence-corrected chi connectivity index (χ0v) is 10.8. The van der Waals surface area contributed by atoms with E-state index in [-0.39, 0.29) is 18.1 Å². The summed E-state index contributed by atoms with van der Waals surface area (Å²) >= 11 is 0. The standard InChI is InChI=1S/C10H12N6O4/c1-14-9(8(4-11-14)16(18)19)10(17)13-7-3-12-15(5-7)6-20-2/h3-5H,6H2,1-2H3,(H,13,17). The maximum Gasteiger partial charge on any atom is 0.320 e. The highest BCUT2D eigenvalue weighted by molar-refractivity contribution is 6.05. The minimum absolute atomic E-state index is 0.130. The van der Waals surface area contributed by atoms with Crippen LogP contribution in [-0.4, -0.2) is 37.5 Å². The van der Waals surface area contributed by atoms with E-state index in [1.165, 1.54) is 25.0 Å². The Balaban J connectivity index is 2.19. The van der Waals surface area contributed by atoms with Gasteiger partial charge in [0.15, 0.2) is 0 Å². The van der Waals surface area contributed by atoms with Gasteiger partial charge in [0.05, 0.1) is 23.0 Å². The molecule has 2 heterocycles. The summed E-state index contributed by atoms with van der Waals surface area (Å²) in [4.78, 5) is 22.2. The summed E-state index contributed by atoms with van der Waals surface area (Å²) in [5.74, 6) is -0.631. The zero-order valence-electron chi connectivity index (χ0n) is 10.8. The van der Waals surface area contributed by atoms with E-state index >= 15 is 0 Å². The number of carbonyl (C=O) groups is 1. The first-order valence-corrected chi connectivity index (χ1v) is 5.52. The van der Waals surface area contributed by atoms with Gasteiger partial charge >= 0.3 is 5.69 Å². The average Bonchev–Trinajstić information content (AvgIpc) is 2.96. The largest absolute Gasteiger partial charge is 0.362 e. The third-order valence-electron chi connectivity index (χ3n) is 2.48. The highest BCUT2D eigenvalue weighted by Crippen LogP contribution is 2.18. The summed E-state index contributed by atoms with van der Waals surface area (Å²) in [5, 5.41) is 21.0. The average molecular weight is 280 g/mol. The number of carbonyl (C=O) groups excluding carboxylic acids is 1. The first-order valence-electron chi connectivity index (χ1n) is 5.52. The summed E-state index contributed by atoms with van der Waals surface area (Å²) in [5.41, 5.74) is -0.0775. The molecule has 0 aliphatic rings. The highest BCUT2D eigenvalue weighted by Gasteiger charge is 2.25. The van der Waals surface area contributed by atoms with Gasteiger partial charge in [0.1, 0.15) is 12.9 Å². The minimum atomic E-state index is -0.656. The van der Waals surface area contributed by atoms with E-state index in [1.54, 1.807) is 6.20 Å². The number of methoxy groups -OCH3 is 1. The summed E-state index contributed by atoms with van der Waals surface area (Å²) in [6, 6.07) is 0. The van der Waals surface area contributed by atoms with Gasteiger partial charge in [0.2, 0.25) is 5.69 Å². The van der Waals surface area contributed by atoms with E-state index in [4.69, 9.17) is 4.74 Å². The van der Waals surface area contributed by atoms with Crippen LogP contribution >= 0.6 is 0 Å². The minimum Gasteiger partial charge on any atom is -0.362 e. The molecule has 0 bridgehead atoms. The van der Waals surface area contributed by atoms with Gasteiger partial charge in [-0.3, -0.25) is 19.6 Å². The lowest BCUT2D eigenvalue weighted by Crippen LogP contribution is -2.17. The topological polar surface area (TPSA) is 117 Å². The Bertz CT molecular complexity index is 646. The highest BCUT2D eigenvalue weighted by atomic mass is 16.6. The van der Waals surface area contributed by atoms with Crippen LogP contribution in [0, 0.1) is 10.1 Å². The Hall–Kier alpha value is -2.75. The van der Waals surface area contributed by atoms with Crippen molar-refractivity contribution in [1.82, 2.24) is 19.6 Å². The summed E-state index contributed by atoms with van der Waals surface area (Å²) in [6.07, 6.45) is 3.99. The summed E-state index contributed by atoms with van der Waals surface area (Å²) in [6.45, 7) is 0.238. The number of nitro groups is 1. The van der Waals surface area contributed by atoms with Gasteiger partial charge in [-0.05, 0) is 0 Å². The van der Waals surface area contributed by atoms with E-state index in [2.05, 4.69) is 15.5 Å². The molecule has 10 heteroatoms. The molecule has 0 radical (unpaired) electrons. The molecular weight excluding hydrogens is 268 g/mol. The van der Waals surface area contributed by atoms with Gasteiger partial charge in [-0.1, -0.05) is 0 Å². The fourth-order valence-electron chi connectivity index (χ4n) is 1.64. The molecule has 2 aromatic rings. The zero-order chi connectivity index (χ0) is 14.7. The monoisotopic (exact) mass is 280 g/mol. The molecule has 10 nitrogen and oxygen atoms in total. The molecule has 0 aliphatic heterocycles. The molecule has 0 unspecified atom stereocenters. The molecule has 0 saturated heterocycles. The molecule has 0 spiro atoms. The van der Waals surface area contributed by atoms with Crippen LogP contribution in [0.1, 0.15) is 10.5 Å². The molecule has 106 valence electrons. The Morgan fingerprint density at radius 1 is 1.50 bits per heavy atom. The van der Waals surface area contributed by atoms with Gasteiger partial charge in [0, 0.05) is 14.2 Å². The van der Waals surface area contributed by atoms with E-state index in [0.717, 1.165) is 10.9 Å². The smallest absolute Gasteiger partial charge is 0.320 e. The van der Waals surface area contributed by atoms with Crippen LogP contribution in [0.25, 0.3) is 0 Å². The molecule has 0 atom stereocenters. The number of aryl methyl sites for hydroxylation is 1. The van der Waals surface area contributed by atoms with Gasteiger partial charge in [-0.2, -0.15) is 10.2 Å². The lowest BCUT2D eigenvalue weighted by Gasteiger charge is -2.02. The Morgan fingerprint density at radius 2 is 2.25 bits per heavy atom. The van der Waals surface area contributed by atoms with Crippen molar-refractivity contribution in [2.24, 2.45) is 7.05 Å². The Labute approximate surface area is 113 Å². The van der Waals surface area contributed by atoms with Crippen molar-refractivity contribution >= 4 is 17.3 Å². The van der Waals surface area contributed by atoms with Crippen LogP contribution in [0.15, 0.2) is 18.6 Å². The van der Waals surface area contributed by atoms with Crippen LogP contribution < -0.4 is 5.32 Å². The fourth-order valence-corrected chi connectivity index (χ4v) is 1.64. The van der Waals surface area contributed by atoms with E-state index in [0.29, 0.717) is 5.69 Å². The van der Waals surface area contributed by atoms with Crippen LogP contribution in [0.5, 0.6) is 0 Å². The number of rotatable bonds is 5. The molecule has 20 heavy (non-hydrogen) atoms. The number of ether oxygens (including phenoxy) is 1. The second kappa shape index (κ2) is 5.48. The SMILES string of the molecule is COCn1cc(NC(=O)c2c([N+](=O)[O-])cnn2C)cn1. The van der Waals surface area contributed by atoms with Crippen LogP contribution in [0.2, 0.25) is 0 Å². The van der Waals surface area contributed by atoms with Crippen molar-refractivity contribution in [3.8, 4) is 0 Å². The first kappa shape index (κ1) is 13.7. The predicted molar refractivity (Wildman–Crippen MR) is 67.1 cm³/mol. The maximum atomic E-state index is 12.0. The van der Waals surface area contributed by atoms with Gasteiger partial charge < -0.3 is 10.1 Å². The van der Waals surface area contributed by atoms with Gasteiger partial charge in [-0.15, -0.1) is 0 Å². The molecule has 1 amide bonds. The van der Waals surface area contributed by atoms with E-state index < -0.39 is 10.8 Å². The summed E-state index contributed by atoms with van der Waals surface area (Å²) < 4.78 is 7.48. The molecule has 0 aliphatic carbocycles. The van der Waals surface area contributed by atoms with Crippen molar-refractivity contribution in [1.29, 1.82) is 0 Å². The lowest BCUT2D eigenvalue weighted by atomic mass is 10.3. The summed E-state index contributed by atoms with van der Waals surface area (Å²) in [7, 11) is 2.97. The number of hydrogen-bond donors (Lipinski definition) is 1. The Kier molecular flexibility index (Phi) is 3.75. The number of nitrogens with zero attached hydrogens (tertiary/aromatic N) is 5. The first-order chi connectivity index (χ1) is 9.52. The third kappa shape index (κ3) is 2.64. The molecule has 1 N–H and O–H groups in total. The van der Waals surface area contributed by atoms with Crippen molar-refractivity contribution in [2.75, 3.05) is 12.4 Å². The quantitative estimate of drug-likeness (QED) is 0.625. The second-order valence-electron chi connectivity index (χ2n) is 3.90. The number of amides is 1. The molecule has 0 saturated carbocycles. The van der Waals surface area contributed by atoms with Gasteiger partial charge in [-0.25, -0.2) is 4.68 Å². The number of hydrogen-bond acceptors (Lipinski definition) is 6. The van der Waals surface area contributed by atoms with Crippen LogP contribution in [0.3, 0.4) is 0 Å². The Morgan fingerprint density at radius 3 is 2.90 bits per heavy atom. The van der Waals surface area contributed by atoms with Crippen molar-refractivity contribution in [2.45, 2.75) is 6.73 Å². The fraction of sp³-hybridized carbons (Fsp3) is 0.300. The van der Waals surface area contributed by atoms with E-state index in [9.17, 15) is 14.9 Å². The van der Waals surface area contributed by atoms with Crippen molar-refractivity contribution in [3.63, 3.8) is 0 Å². The van der Waals surface area contributed by atoms with Crippen LogP contribution in [-0.2, 0) is 18.5 Å². The number of aromatic nitrogens is 4. The molecule has 2 rings (SSSR count). The van der Waals surface area contributed by atoms with Crippen molar-refractivity contribution < 1.29 is 14.5 Å². The molecule has 0 aromatic carbocycles. The normalized spacial score (nSPS) is 10.5. The molecule has 0 fully saturated rings. The van der Waals surface area contributed by atoms with Crippen molar-refractivity contribution in [3.05, 3.63) is 34.4 Å². The number of nitrogens with one attached hydrogen (secondary N) is 1. The molecule has 2 aromatic heterocycles. The maximum absolute atomic E-state index is 12.0.